The average molecular weight is 282 g/mol. The predicted octanol–water partition coefficient (Wildman–Crippen LogP) is 2.79. The van der Waals surface area contributed by atoms with Gasteiger partial charge in [-0.05, 0) is 38.1 Å². The fourth-order valence-corrected chi connectivity index (χ4v) is 3.32. The van der Waals surface area contributed by atoms with Crippen LogP contribution in [0.1, 0.15) is 38.5 Å². The summed E-state index contributed by atoms with van der Waals surface area (Å²) in [7, 11) is 0. The molecule has 1 saturated heterocycles. The van der Waals surface area contributed by atoms with E-state index in [2.05, 4.69) is 10.6 Å². The van der Waals surface area contributed by atoms with Crippen molar-refractivity contribution in [1.29, 1.82) is 0 Å². The maximum Gasteiger partial charge on any atom is 0.319 e. The second-order valence-corrected chi connectivity index (χ2v) is 5.70. The van der Waals surface area contributed by atoms with Crippen LogP contribution < -0.4 is 10.6 Å². The van der Waals surface area contributed by atoms with Crippen molar-refractivity contribution < 1.29 is 17.6 Å². The fourth-order valence-electron chi connectivity index (χ4n) is 3.32. The van der Waals surface area contributed by atoms with E-state index >= 15 is 0 Å². The fraction of sp³-hybridized carbons (Fsp3) is 1.00. The van der Waals surface area contributed by atoms with E-state index in [4.69, 9.17) is 0 Å². The topological polar surface area (TPSA) is 24.1 Å². The Hall–Kier alpha value is -0.360. The Kier molecular flexibility index (Phi) is 5.06. The van der Waals surface area contributed by atoms with Gasteiger partial charge in [-0.2, -0.15) is 8.78 Å². The highest BCUT2D eigenvalue weighted by Gasteiger charge is 2.42. The molecule has 0 amide bonds. The van der Waals surface area contributed by atoms with Crippen molar-refractivity contribution in [1.82, 2.24) is 10.6 Å². The van der Waals surface area contributed by atoms with E-state index in [9.17, 15) is 17.6 Å². The van der Waals surface area contributed by atoms with Gasteiger partial charge in [0.2, 0.25) is 0 Å². The van der Waals surface area contributed by atoms with E-state index in [1.807, 2.05) is 0 Å². The number of halogens is 4. The standard InChI is InChI=1S/C13H22F4N2/c14-12(15)13(16,17)8-19-11-5-2-1-4-9(11)10-6-3-7-18-10/h9-12,18-19H,1-8H2. The maximum absolute atomic E-state index is 13.0. The Morgan fingerprint density at radius 2 is 1.84 bits per heavy atom. The summed E-state index contributed by atoms with van der Waals surface area (Å²) < 4.78 is 50.3. The lowest BCUT2D eigenvalue weighted by molar-refractivity contribution is -0.127. The van der Waals surface area contributed by atoms with E-state index in [1.54, 1.807) is 0 Å². The molecule has 2 N–H and O–H groups in total. The maximum atomic E-state index is 13.0. The minimum absolute atomic E-state index is 0.0611. The summed E-state index contributed by atoms with van der Waals surface area (Å²) in [6.07, 6.45) is 2.48. The van der Waals surface area contributed by atoms with Gasteiger partial charge in [0.05, 0.1) is 6.54 Å². The van der Waals surface area contributed by atoms with Gasteiger partial charge in [-0.25, -0.2) is 8.78 Å². The van der Waals surface area contributed by atoms with Gasteiger partial charge in [0, 0.05) is 12.1 Å². The zero-order valence-electron chi connectivity index (χ0n) is 11.0. The molecule has 6 heteroatoms. The van der Waals surface area contributed by atoms with E-state index < -0.39 is 18.9 Å². The summed E-state index contributed by atoms with van der Waals surface area (Å²) in [6.45, 7) is 0.0552. The van der Waals surface area contributed by atoms with Gasteiger partial charge < -0.3 is 10.6 Å². The minimum atomic E-state index is -3.93. The molecular weight excluding hydrogens is 260 g/mol. The zero-order valence-corrected chi connectivity index (χ0v) is 11.0. The Morgan fingerprint density at radius 1 is 1.11 bits per heavy atom. The lowest BCUT2D eigenvalue weighted by atomic mass is 9.79. The molecule has 112 valence electrons. The quantitative estimate of drug-likeness (QED) is 0.758. The molecular formula is C13H22F4N2. The van der Waals surface area contributed by atoms with Crippen molar-refractivity contribution >= 4 is 0 Å². The van der Waals surface area contributed by atoms with Crippen LogP contribution in [-0.4, -0.2) is 37.5 Å². The van der Waals surface area contributed by atoms with Crippen LogP contribution in [-0.2, 0) is 0 Å². The van der Waals surface area contributed by atoms with Crippen molar-refractivity contribution in [3.05, 3.63) is 0 Å². The molecule has 1 heterocycles. The molecule has 0 radical (unpaired) electrons. The van der Waals surface area contributed by atoms with Crippen molar-refractivity contribution in [2.45, 2.75) is 63.0 Å². The SMILES string of the molecule is FC(F)C(F)(F)CNC1CCCCC1C1CCCN1. The minimum Gasteiger partial charge on any atom is -0.314 e. The molecule has 0 spiro atoms. The molecule has 2 nitrogen and oxygen atoms in total. The normalized spacial score (nSPS) is 33.0. The number of nitrogens with one attached hydrogen (secondary N) is 2. The molecule has 2 fully saturated rings. The van der Waals surface area contributed by atoms with Crippen molar-refractivity contribution in [3.8, 4) is 0 Å². The third kappa shape index (κ3) is 3.81. The summed E-state index contributed by atoms with van der Waals surface area (Å²) in [5, 5.41) is 6.10. The molecule has 1 aliphatic carbocycles. The third-order valence-corrected chi connectivity index (χ3v) is 4.35. The first kappa shape index (κ1) is 15.0. The van der Waals surface area contributed by atoms with Gasteiger partial charge in [-0.15, -0.1) is 0 Å². The molecule has 0 aromatic heterocycles. The first-order valence-electron chi connectivity index (χ1n) is 7.13. The lowest BCUT2D eigenvalue weighted by Gasteiger charge is -2.37. The summed E-state index contributed by atoms with van der Waals surface area (Å²) in [5.41, 5.74) is 0. The van der Waals surface area contributed by atoms with Gasteiger partial charge in [-0.1, -0.05) is 12.8 Å². The summed E-state index contributed by atoms with van der Waals surface area (Å²) in [4.78, 5) is 0. The Bertz CT molecular complexity index is 280. The van der Waals surface area contributed by atoms with Gasteiger partial charge in [0.15, 0.2) is 0 Å². The van der Waals surface area contributed by atoms with Crippen molar-refractivity contribution in [3.63, 3.8) is 0 Å². The van der Waals surface area contributed by atoms with Crippen LogP contribution in [0.3, 0.4) is 0 Å². The number of rotatable bonds is 5. The first-order valence-corrected chi connectivity index (χ1v) is 7.13. The van der Waals surface area contributed by atoms with E-state index in [-0.39, 0.29) is 6.04 Å². The third-order valence-electron chi connectivity index (χ3n) is 4.35. The summed E-state index contributed by atoms with van der Waals surface area (Å²) >= 11 is 0. The van der Waals surface area contributed by atoms with Crippen molar-refractivity contribution in [2.75, 3.05) is 13.1 Å². The van der Waals surface area contributed by atoms with Gasteiger partial charge in [-0.3, -0.25) is 0 Å². The molecule has 2 aliphatic rings. The molecule has 0 aromatic carbocycles. The monoisotopic (exact) mass is 282 g/mol. The van der Waals surface area contributed by atoms with Crippen LogP contribution >= 0.6 is 0 Å². The van der Waals surface area contributed by atoms with Crippen LogP contribution in [0.25, 0.3) is 0 Å². The van der Waals surface area contributed by atoms with E-state index in [0.29, 0.717) is 12.0 Å². The van der Waals surface area contributed by atoms with Crippen LogP contribution in [0.2, 0.25) is 0 Å². The molecule has 19 heavy (non-hydrogen) atoms. The number of hydrogen-bond acceptors (Lipinski definition) is 2. The average Bonchev–Trinajstić information content (AvgIpc) is 2.90. The highest BCUT2D eigenvalue weighted by Crippen LogP contribution is 2.31. The van der Waals surface area contributed by atoms with E-state index in [0.717, 1.165) is 45.1 Å². The molecule has 1 aliphatic heterocycles. The highest BCUT2D eigenvalue weighted by atomic mass is 19.3. The van der Waals surface area contributed by atoms with Gasteiger partial charge in [0.1, 0.15) is 0 Å². The van der Waals surface area contributed by atoms with Gasteiger partial charge in [0.25, 0.3) is 0 Å². The predicted molar refractivity (Wildman–Crippen MR) is 65.7 cm³/mol. The van der Waals surface area contributed by atoms with Gasteiger partial charge >= 0.3 is 12.3 Å². The molecule has 2 rings (SSSR count). The summed E-state index contributed by atoms with van der Waals surface area (Å²) in [5.74, 6) is -3.63. The zero-order chi connectivity index (χ0) is 13.9. The molecule has 0 bridgehead atoms. The Balaban J connectivity index is 1.88. The summed E-state index contributed by atoms with van der Waals surface area (Å²) in [6, 6.07) is 0.298. The highest BCUT2D eigenvalue weighted by molar-refractivity contribution is 4.92. The largest absolute Gasteiger partial charge is 0.319 e. The lowest BCUT2D eigenvalue weighted by Crippen LogP contribution is -2.51. The second-order valence-electron chi connectivity index (χ2n) is 5.70. The smallest absolute Gasteiger partial charge is 0.314 e. The molecule has 3 unspecified atom stereocenters. The van der Waals surface area contributed by atoms with Crippen LogP contribution in [0.5, 0.6) is 0 Å². The Labute approximate surface area is 111 Å². The second kappa shape index (κ2) is 6.39. The van der Waals surface area contributed by atoms with Crippen LogP contribution in [0, 0.1) is 5.92 Å². The Morgan fingerprint density at radius 3 is 2.47 bits per heavy atom. The molecule has 0 aromatic rings. The number of alkyl halides is 4. The van der Waals surface area contributed by atoms with Crippen LogP contribution in [0.15, 0.2) is 0 Å². The van der Waals surface area contributed by atoms with Crippen LogP contribution in [0.4, 0.5) is 17.6 Å². The first-order chi connectivity index (χ1) is 9.00. The van der Waals surface area contributed by atoms with E-state index in [1.165, 1.54) is 0 Å². The number of hydrogen-bond donors (Lipinski definition) is 2. The van der Waals surface area contributed by atoms with Crippen molar-refractivity contribution in [2.24, 2.45) is 5.92 Å². The molecule has 1 saturated carbocycles. The molecule has 3 atom stereocenters.